The molecule has 3 aromatic carbocycles. The van der Waals surface area contributed by atoms with Crippen LogP contribution in [0.25, 0.3) is 32.6 Å². The third-order valence-electron chi connectivity index (χ3n) is 4.48. The Hall–Kier alpha value is -2.48. The van der Waals surface area contributed by atoms with Gasteiger partial charge < -0.3 is 9.30 Å². The molecular weight excluding hydrogens is 258 g/mol. The molecule has 1 heterocycles. The molecule has 0 aliphatic rings. The number of benzene rings is 3. The van der Waals surface area contributed by atoms with Crippen LogP contribution in [-0.4, -0.2) is 11.7 Å². The van der Waals surface area contributed by atoms with Gasteiger partial charge in [0.2, 0.25) is 0 Å². The monoisotopic (exact) mass is 275 g/mol. The Bertz CT molecular complexity index is 995. The summed E-state index contributed by atoms with van der Waals surface area (Å²) in [4.78, 5) is 0. The summed E-state index contributed by atoms with van der Waals surface area (Å²) in [6.45, 7) is 2.21. The normalized spacial score (nSPS) is 11.6. The van der Waals surface area contributed by atoms with Crippen molar-refractivity contribution in [3.05, 3.63) is 54.1 Å². The van der Waals surface area contributed by atoms with E-state index in [2.05, 4.69) is 61.0 Å². The van der Waals surface area contributed by atoms with E-state index >= 15 is 0 Å². The van der Waals surface area contributed by atoms with Crippen LogP contribution in [0.1, 0.15) is 5.56 Å². The van der Waals surface area contributed by atoms with Crippen molar-refractivity contribution in [3.63, 3.8) is 0 Å². The average molecular weight is 275 g/mol. The molecule has 2 nitrogen and oxygen atoms in total. The summed E-state index contributed by atoms with van der Waals surface area (Å²) >= 11 is 0. The highest BCUT2D eigenvalue weighted by molar-refractivity contribution is 6.15. The number of aryl methyl sites for hydroxylation is 2. The van der Waals surface area contributed by atoms with E-state index < -0.39 is 0 Å². The number of rotatable bonds is 1. The minimum absolute atomic E-state index is 0.905. The number of hydrogen-bond acceptors (Lipinski definition) is 1. The second-order valence-electron chi connectivity index (χ2n) is 5.56. The first kappa shape index (κ1) is 12.3. The van der Waals surface area contributed by atoms with E-state index in [9.17, 15) is 0 Å². The Balaban J connectivity index is 2.29. The summed E-state index contributed by atoms with van der Waals surface area (Å²) in [6.07, 6.45) is 0. The quantitative estimate of drug-likeness (QED) is 0.486. The SMILES string of the molecule is COc1ccc2c(c1)c1c(C)c3ccccc3cc1n2C. The van der Waals surface area contributed by atoms with Crippen LogP contribution in [0.3, 0.4) is 0 Å². The van der Waals surface area contributed by atoms with Gasteiger partial charge in [0.15, 0.2) is 0 Å². The molecule has 0 radical (unpaired) electrons. The van der Waals surface area contributed by atoms with E-state index in [0.717, 1.165) is 5.75 Å². The summed E-state index contributed by atoms with van der Waals surface area (Å²) in [5, 5.41) is 5.20. The lowest BCUT2D eigenvalue weighted by Crippen LogP contribution is -1.87. The molecule has 0 atom stereocenters. The van der Waals surface area contributed by atoms with Gasteiger partial charge in [0.25, 0.3) is 0 Å². The fraction of sp³-hybridized carbons (Fsp3) is 0.158. The number of ether oxygens (including phenoxy) is 1. The largest absolute Gasteiger partial charge is 0.497 e. The van der Waals surface area contributed by atoms with E-state index in [1.165, 1.54) is 38.1 Å². The molecule has 0 spiro atoms. The number of fused-ring (bicyclic) bond motifs is 4. The molecule has 2 heteroatoms. The molecule has 0 aliphatic carbocycles. The molecule has 0 saturated heterocycles. The second kappa shape index (κ2) is 4.26. The molecular formula is C19H17NO. The lowest BCUT2D eigenvalue weighted by molar-refractivity contribution is 0.415. The fourth-order valence-electron chi connectivity index (χ4n) is 3.38. The summed E-state index contributed by atoms with van der Waals surface area (Å²) in [5.41, 5.74) is 3.85. The van der Waals surface area contributed by atoms with Gasteiger partial charge in [-0.15, -0.1) is 0 Å². The number of aromatic nitrogens is 1. The summed E-state index contributed by atoms with van der Waals surface area (Å²) in [5.74, 6) is 0.905. The van der Waals surface area contributed by atoms with Crippen LogP contribution in [0, 0.1) is 6.92 Å². The number of nitrogens with zero attached hydrogens (tertiary/aromatic N) is 1. The molecule has 0 saturated carbocycles. The van der Waals surface area contributed by atoms with E-state index in [1.54, 1.807) is 7.11 Å². The van der Waals surface area contributed by atoms with Crippen molar-refractivity contribution in [1.82, 2.24) is 4.57 Å². The highest BCUT2D eigenvalue weighted by Crippen LogP contribution is 2.36. The van der Waals surface area contributed by atoms with E-state index in [-0.39, 0.29) is 0 Å². The van der Waals surface area contributed by atoms with Gasteiger partial charge in [0.05, 0.1) is 7.11 Å². The van der Waals surface area contributed by atoms with Crippen LogP contribution in [0.5, 0.6) is 5.75 Å². The maximum atomic E-state index is 5.40. The van der Waals surface area contributed by atoms with Gasteiger partial charge in [-0.3, -0.25) is 0 Å². The Morgan fingerprint density at radius 2 is 1.71 bits per heavy atom. The van der Waals surface area contributed by atoms with Crippen molar-refractivity contribution < 1.29 is 4.74 Å². The smallest absolute Gasteiger partial charge is 0.119 e. The van der Waals surface area contributed by atoms with Gasteiger partial charge in [-0.05, 0) is 47.5 Å². The van der Waals surface area contributed by atoms with Gasteiger partial charge in [0, 0.05) is 28.9 Å². The van der Waals surface area contributed by atoms with Crippen LogP contribution in [0.2, 0.25) is 0 Å². The number of methoxy groups -OCH3 is 1. The Morgan fingerprint density at radius 1 is 0.905 bits per heavy atom. The molecule has 4 aromatic rings. The van der Waals surface area contributed by atoms with Crippen molar-refractivity contribution in [2.24, 2.45) is 7.05 Å². The minimum Gasteiger partial charge on any atom is -0.497 e. The Labute approximate surface area is 123 Å². The summed E-state index contributed by atoms with van der Waals surface area (Å²) in [7, 11) is 3.85. The lowest BCUT2D eigenvalue weighted by atomic mass is 10.00. The summed E-state index contributed by atoms with van der Waals surface area (Å²) in [6, 6.07) is 17.2. The molecule has 21 heavy (non-hydrogen) atoms. The second-order valence-corrected chi connectivity index (χ2v) is 5.56. The van der Waals surface area contributed by atoms with Gasteiger partial charge in [0.1, 0.15) is 5.75 Å². The van der Waals surface area contributed by atoms with E-state index in [0.29, 0.717) is 0 Å². The maximum Gasteiger partial charge on any atom is 0.119 e. The van der Waals surface area contributed by atoms with Crippen LogP contribution in [0.15, 0.2) is 48.5 Å². The van der Waals surface area contributed by atoms with Gasteiger partial charge in [-0.1, -0.05) is 24.3 Å². The highest BCUT2D eigenvalue weighted by Gasteiger charge is 2.13. The average Bonchev–Trinajstić information content (AvgIpc) is 2.80. The third kappa shape index (κ3) is 1.59. The van der Waals surface area contributed by atoms with Gasteiger partial charge >= 0.3 is 0 Å². The van der Waals surface area contributed by atoms with Crippen molar-refractivity contribution in [1.29, 1.82) is 0 Å². The third-order valence-corrected chi connectivity index (χ3v) is 4.48. The molecule has 0 bridgehead atoms. The van der Waals surface area contributed by atoms with Gasteiger partial charge in [-0.2, -0.15) is 0 Å². The van der Waals surface area contributed by atoms with Crippen LogP contribution < -0.4 is 4.74 Å². The zero-order valence-corrected chi connectivity index (χ0v) is 12.5. The zero-order chi connectivity index (χ0) is 14.6. The molecule has 0 aliphatic heterocycles. The van der Waals surface area contributed by atoms with Crippen molar-refractivity contribution in [2.45, 2.75) is 6.92 Å². The Kier molecular flexibility index (Phi) is 2.49. The molecule has 0 N–H and O–H groups in total. The number of hydrogen-bond donors (Lipinski definition) is 0. The molecule has 4 rings (SSSR count). The predicted molar refractivity (Wildman–Crippen MR) is 89.2 cm³/mol. The summed E-state index contributed by atoms with van der Waals surface area (Å²) < 4.78 is 7.67. The fourth-order valence-corrected chi connectivity index (χ4v) is 3.38. The molecule has 0 amide bonds. The Morgan fingerprint density at radius 3 is 2.52 bits per heavy atom. The zero-order valence-electron chi connectivity index (χ0n) is 12.5. The van der Waals surface area contributed by atoms with E-state index in [4.69, 9.17) is 4.74 Å². The lowest BCUT2D eigenvalue weighted by Gasteiger charge is -2.05. The standard InChI is InChI=1S/C19H17NO/c1-12-15-7-5-4-6-13(15)10-18-19(12)16-11-14(21-3)8-9-17(16)20(18)2/h4-11H,1-3H3. The first-order valence-corrected chi connectivity index (χ1v) is 7.15. The topological polar surface area (TPSA) is 14.2 Å². The maximum absolute atomic E-state index is 5.40. The van der Waals surface area contributed by atoms with Crippen molar-refractivity contribution in [2.75, 3.05) is 7.11 Å². The molecule has 1 aromatic heterocycles. The first-order valence-electron chi connectivity index (χ1n) is 7.15. The molecule has 104 valence electrons. The van der Waals surface area contributed by atoms with Crippen molar-refractivity contribution >= 4 is 32.6 Å². The van der Waals surface area contributed by atoms with E-state index in [1.807, 2.05) is 6.07 Å². The highest BCUT2D eigenvalue weighted by atomic mass is 16.5. The van der Waals surface area contributed by atoms with Crippen molar-refractivity contribution in [3.8, 4) is 5.75 Å². The molecule has 0 unspecified atom stereocenters. The van der Waals surface area contributed by atoms with Crippen LogP contribution in [0.4, 0.5) is 0 Å². The van der Waals surface area contributed by atoms with Gasteiger partial charge in [-0.25, -0.2) is 0 Å². The minimum atomic E-state index is 0.905. The predicted octanol–water partition coefficient (Wildman–Crippen LogP) is 4.80. The van der Waals surface area contributed by atoms with Crippen LogP contribution in [-0.2, 0) is 7.05 Å². The molecule has 0 fully saturated rings. The first-order chi connectivity index (χ1) is 10.2. The van der Waals surface area contributed by atoms with Crippen LogP contribution >= 0.6 is 0 Å².